The molecule has 24 heavy (non-hydrogen) atoms. The molecule has 1 aliphatic carbocycles. The number of aryl methyl sites for hydroxylation is 1. The van der Waals surface area contributed by atoms with E-state index >= 15 is 0 Å². The van der Waals surface area contributed by atoms with Crippen molar-refractivity contribution >= 4 is 48.6 Å². The average molecular weight is 392 g/mol. The fourth-order valence-electron chi connectivity index (χ4n) is 2.66. The molecule has 134 valence electrons. The van der Waals surface area contributed by atoms with Crippen molar-refractivity contribution in [2.24, 2.45) is 0 Å². The summed E-state index contributed by atoms with van der Waals surface area (Å²) < 4.78 is 0. The molecule has 1 fully saturated rings. The summed E-state index contributed by atoms with van der Waals surface area (Å²) in [7, 11) is 2.03. The number of aromatic nitrogens is 1. The molecular formula is C17H25Cl3N4. The Labute approximate surface area is 162 Å². The predicted molar refractivity (Wildman–Crippen MR) is 110 cm³/mol. The molecule has 0 atom stereocenters. The Hall–Kier alpha value is -1.20. The quantitative estimate of drug-likeness (QED) is 0.672. The Morgan fingerprint density at radius 3 is 2.25 bits per heavy atom. The van der Waals surface area contributed by atoms with Crippen LogP contribution in [0.2, 0.25) is 0 Å². The molecular weight excluding hydrogens is 367 g/mol. The lowest BCUT2D eigenvalue weighted by Crippen LogP contribution is -2.35. The second kappa shape index (κ2) is 9.33. The summed E-state index contributed by atoms with van der Waals surface area (Å²) in [4.78, 5) is 4.33. The highest BCUT2D eigenvalue weighted by molar-refractivity contribution is 5.86. The first-order valence-electron chi connectivity index (χ1n) is 7.37. The Bertz CT molecular complexity index is 643. The Kier molecular flexibility index (Phi) is 8.86. The van der Waals surface area contributed by atoms with Crippen molar-refractivity contribution in [3.05, 3.63) is 42.2 Å². The minimum atomic E-state index is 0. The molecule has 1 aromatic carbocycles. The van der Waals surface area contributed by atoms with E-state index in [1.807, 2.05) is 31.6 Å². The van der Waals surface area contributed by atoms with Crippen LogP contribution in [0.25, 0.3) is 11.1 Å². The van der Waals surface area contributed by atoms with E-state index in [4.69, 9.17) is 5.73 Å². The topological polar surface area (TPSA) is 63.0 Å². The molecule has 1 heterocycles. The fourth-order valence-corrected chi connectivity index (χ4v) is 2.66. The maximum atomic E-state index is 5.79. The number of nitrogen functional groups attached to an aromatic ring is 1. The van der Waals surface area contributed by atoms with Crippen LogP contribution < -0.4 is 16.4 Å². The van der Waals surface area contributed by atoms with E-state index in [2.05, 4.69) is 34.7 Å². The monoisotopic (exact) mass is 390 g/mol. The highest BCUT2D eigenvalue weighted by Crippen LogP contribution is 2.36. The highest BCUT2D eigenvalue weighted by atomic mass is 35.5. The number of halogens is 3. The number of nitrogens with zero attached hydrogens (tertiary/aromatic N) is 1. The molecule has 3 rings (SSSR count). The van der Waals surface area contributed by atoms with Crippen molar-refractivity contribution in [3.63, 3.8) is 0 Å². The van der Waals surface area contributed by atoms with E-state index in [1.165, 1.54) is 29.5 Å². The van der Waals surface area contributed by atoms with Gasteiger partial charge in [0, 0.05) is 29.5 Å². The fraction of sp³-hybridized carbons (Fsp3) is 0.353. The number of benzene rings is 1. The summed E-state index contributed by atoms with van der Waals surface area (Å²) in [6.07, 6.45) is 6.27. The lowest BCUT2D eigenvalue weighted by atomic mass is 10.0. The Morgan fingerprint density at radius 2 is 1.71 bits per heavy atom. The van der Waals surface area contributed by atoms with E-state index in [-0.39, 0.29) is 42.8 Å². The van der Waals surface area contributed by atoms with Crippen molar-refractivity contribution in [2.45, 2.75) is 25.3 Å². The second-order valence-electron chi connectivity index (χ2n) is 5.88. The first-order chi connectivity index (χ1) is 10.1. The van der Waals surface area contributed by atoms with Gasteiger partial charge in [-0.3, -0.25) is 4.98 Å². The third kappa shape index (κ3) is 4.90. The zero-order chi connectivity index (χ0) is 14.9. The molecule has 0 bridgehead atoms. The van der Waals surface area contributed by atoms with E-state index in [1.54, 1.807) is 0 Å². The third-order valence-corrected chi connectivity index (χ3v) is 4.34. The summed E-state index contributed by atoms with van der Waals surface area (Å²) in [5.74, 6) is 0. The smallest absolute Gasteiger partial charge is 0.0609 e. The first-order valence-corrected chi connectivity index (χ1v) is 7.37. The number of anilines is 2. The van der Waals surface area contributed by atoms with Crippen molar-refractivity contribution < 1.29 is 0 Å². The maximum Gasteiger partial charge on any atom is 0.0609 e. The van der Waals surface area contributed by atoms with Crippen LogP contribution in [0.4, 0.5) is 11.4 Å². The van der Waals surface area contributed by atoms with Gasteiger partial charge in [-0.25, -0.2) is 0 Å². The number of hydrogen-bond acceptors (Lipinski definition) is 4. The van der Waals surface area contributed by atoms with Gasteiger partial charge < -0.3 is 16.4 Å². The van der Waals surface area contributed by atoms with Gasteiger partial charge in [0.05, 0.1) is 11.9 Å². The largest absolute Gasteiger partial charge is 0.399 e. The minimum Gasteiger partial charge on any atom is -0.399 e. The molecule has 2 aromatic rings. The number of nitrogens with two attached hydrogens (primary N) is 1. The van der Waals surface area contributed by atoms with Crippen molar-refractivity contribution in [1.29, 1.82) is 0 Å². The summed E-state index contributed by atoms with van der Waals surface area (Å²) in [5, 5.41) is 6.97. The molecule has 0 unspecified atom stereocenters. The molecule has 0 aliphatic heterocycles. The molecule has 7 heteroatoms. The van der Waals surface area contributed by atoms with E-state index < -0.39 is 0 Å². The van der Waals surface area contributed by atoms with Gasteiger partial charge in [0.1, 0.15) is 0 Å². The lowest BCUT2D eigenvalue weighted by Gasteiger charge is -2.19. The maximum absolute atomic E-state index is 5.79. The SMILES string of the molecule is CNC1(CNc2cncc(C)c2-c2ccc(N)cc2)CC1.Cl.Cl.Cl. The summed E-state index contributed by atoms with van der Waals surface area (Å²) in [6.45, 7) is 3.02. The molecule has 1 saturated carbocycles. The van der Waals surface area contributed by atoms with Gasteiger partial charge in [0.25, 0.3) is 0 Å². The standard InChI is InChI=1S/C17H22N4.3ClH/c1-12-9-20-10-15(21-11-17(19-2)7-8-17)16(12)13-3-5-14(18)6-4-13;;;/h3-6,9-10,19,21H,7-8,11,18H2,1-2H3;3*1H. The van der Waals surface area contributed by atoms with Crippen LogP contribution in [0, 0.1) is 6.92 Å². The number of nitrogens with one attached hydrogen (secondary N) is 2. The number of rotatable bonds is 5. The number of pyridine rings is 1. The molecule has 0 spiro atoms. The average Bonchev–Trinajstić information content (AvgIpc) is 3.27. The first kappa shape index (κ1) is 22.8. The second-order valence-corrected chi connectivity index (χ2v) is 5.88. The van der Waals surface area contributed by atoms with Crippen LogP contribution >= 0.6 is 37.2 Å². The van der Waals surface area contributed by atoms with Gasteiger partial charge >= 0.3 is 0 Å². The van der Waals surface area contributed by atoms with Crippen molar-refractivity contribution in [3.8, 4) is 11.1 Å². The normalized spacial score (nSPS) is 13.8. The summed E-state index contributed by atoms with van der Waals surface area (Å²) >= 11 is 0. The van der Waals surface area contributed by atoms with Gasteiger partial charge in [-0.2, -0.15) is 0 Å². The van der Waals surface area contributed by atoms with Crippen LogP contribution in [-0.4, -0.2) is 24.1 Å². The summed E-state index contributed by atoms with van der Waals surface area (Å²) in [6, 6.07) is 8.01. The third-order valence-electron chi connectivity index (χ3n) is 4.34. The minimum absolute atomic E-state index is 0. The Morgan fingerprint density at radius 1 is 1.08 bits per heavy atom. The Balaban J connectivity index is 0.00000176. The molecule has 4 N–H and O–H groups in total. The van der Waals surface area contributed by atoms with Crippen LogP contribution in [-0.2, 0) is 0 Å². The number of hydrogen-bond donors (Lipinski definition) is 3. The van der Waals surface area contributed by atoms with Gasteiger partial charge in [-0.05, 0) is 50.1 Å². The van der Waals surface area contributed by atoms with Crippen molar-refractivity contribution in [2.75, 3.05) is 24.6 Å². The van der Waals surface area contributed by atoms with Crippen LogP contribution in [0.5, 0.6) is 0 Å². The number of likely N-dealkylation sites (N-methyl/N-ethyl adjacent to an activating group) is 1. The van der Waals surface area contributed by atoms with Gasteiger partial charge in [-0.15, -0.1) is 37.2 Å². The lowest BCUT2D eigenvalue weighted by molar-refractivity contribution is 0.578. The highest BCUT2D eigenvalue weighted by Gasteiger charge is 2.40. The van der Waals surface area contributed by atoms with Gasteiger partial charge in [0.15, 0.2) is 0 Å². The molecule has 1 aliphatic rings. The van der Waals surface area contributed by atoms with E-state index in [0.717, 1.165) is 17.9 Å². The molecule has 1 aromatic heterocycles. The molecule has 4 nitrogen and oxygen atoms in total. The van der Waals surface area contributed by atoms with Gasteiger partial charge in [0.2, 0.25) is 0 Å². The van der Waals surface area contributed by atoms with Gasteiger partial charge in [-0.1, -0.05) is 12.1 Å². The van der Waals surface area contributed by atoms with Crippen LogP contribution in [0.15, 0.2) is 36.7 Å². The van der Waals surface area contributed by atoms with Crippen molar-refractivity contribution in [1.82, 2.24) is 10.3 Å². The zero-order valence-corrected chi connectivity index (χ0v) is 16.3. The van der Waals surface area contributed by atoms with Crippen LogP contribution in [0.3, 0.4) is 0 Å². The zero-order valence-electron chi connectivity index (χ0n) is 13.8. The molecule has 0 amide bonds. The predicted octanol–water partition coefficient (Wildman–Crippen LogP) is 4.07. The molecule has 0 radical (unpaired) electrons. The summed E-state index contributed by atoms with van der Waals surface area (Å²) in [5.41, 5.74) is 11.5. The van der Waals surface area contributed by atoms with Crippen LogP contribution in [0.1, 0.15) is 18.4 Å². The molecule has 0 saturated heterocycles. The van der Waals surface area contributed by atoms with E-state index in [0.29, 0.717) is 0 Å². The van der Waals surface area contributed by atoms with E-state index in [9.17, 15) is 0 Å².